The molecule has 4 atom stereocenters. The normalized spacial score (nSPS) is 15.5. The number of aliphatic hydroxyl groups is 1. The van der Waals surface area contributed by atoms with Crippen molar-refractivity contribution in [2.45, 2.75) is 44.0 Å². The molecule has 146 valence electrons. The summed E-state index contributed by atoms with van der Waals surface area (Å²) in [6.45, 7) is 1.32. The van der Waals surface area contributed by atoms with Gasteiger partial charge in [-0.15, -0.1) is 0 Å². The summed E-state index contributed by atoms with van der Waals surface area (Å²) in [4.78, 5) is 42.4. The number of aliphatic carboxylic acids is 1. The number of aromatic nitrogens is 2. The van der Waals surface area contributed by atoms with Crippen LogP contribution < -0.4 is 16.4 Å². The van der Waals surface area contributed by atoms with E-state index in [0.717, 1.165) is 0 Å². The standard InChI is InChI=1S/C15H25N5O5S/c1-8(21)12(20-13(22)10(16)3-4-26-2)14(23)19-11(15(24)25)5-9-6-17-7-18-9/h6-8,10-12,21H,3-5,16H2,1-2H3,(H,17,18)(H,19,23)(H,20,22)(H,24,25). The van der Waals surface area contributed by atoms with Crippen LogP contribution in [0.25, 0.3) is 0 Å². The number of aliphatic hydroxyl groups excluding tert-OH is 1. The monoisotopic (exact) mass is 387 g/mol. The maximum atomic E-state index is 12.4. The summed E-state index contributed by atoms with van der Waals surface area (Å²) in [6, 6.07) is -3.38. The molecule has 0 aliphatic rings. The molecule has 4 unspecified atom stereocenters. The highest BCUT2D eigenvalue weighted by Crippen LogP contribution is 2.03. The van der Waals surface area contributed by atoms with Gasteiger partial charge in [0, 0.05) is 18.3 Å². The maximum Gasteiger partial charge on any atom is 0.326 e. The molecular formula is C15H25N5O5S. The number of H-pyrrole nitrogens is 1. The van der Waals surface area contributed by atoms with E-state index in [1.165, 1.54) is 31.2 Å². The molecule has 0 radical (unpaired) electrons. The molecule has 2 amide bonds. The second-order valence-electron chi connectivity index (χ2n) is 5.80. The van der Waals surface area contributed by atoms with E-state index in [0.29, 0.717) is 17.9 Å². The number of hydrogen-bond acceptors (Lipinski definition) is 7. The highest BCUT2D eigenvalue weighted by atomic mass is 32.2. The molecule has 0 aliphatic carbocycles. The minimum absolute atomic E-state index is 0.0191. The first kappa shape index (κ1) is 21.9. The Bertz CT molecular complexity index is 595. The van der Waals surface area contributed by atoms with E-state index < -0.39 is 42.0 Å². The van der Waals surface area contributed by atoms with Crippen molar-refractivity contribution in [1.82, 2.24) is 20.6 Å². The minimum atomic E-state index is -1.31. The Morgan fingerprint density at radius 3 is 2.54 bits per heavy atom. The van der Waals surface area contributed by atoms with Crippen molar-refractivity contribution in [2.24, 2.45) is 5.73 Å². The average molecular weight is 387 g/mol. The molecule has 1 aromatic heterocycles. The van der Waals surface area contributed by atoms with Crippen LogP contribution in [0.4, 0.5) is 0 Å². The molecule has 0 saturated heterocycles. The van der Waals surface area contributed by atoms with Gasteiger partial charge in [0.15, 0.2) is 0 Å². The molecule has 0 aliphatic heterocycles. The van der Waals surface area contributed by atoms with Gasteiger partial charge in [-0.05, 0) is 25.4 Å². The molecule has 0 spiro atoms. The van der Waals surface area contributed by atoms with E-state index in [-0.39, 0.29) is 6.42 Å². The van der Waals surface area contributed by atoms with Gasteiger partial charge in [-0.25, -0.2) is 9.78 Å². The Morgan fingerprint density at radius 2 is 2.04 bits per heavy atom. The molecule has 26 heavy (non-hydrogen) atoms. The molecule has 1 rings (SSSR count). The lowest BCUT2D eigenvalue weighted by atomic mass is 10.1. The average Bonchev–Trinajstić information content (AvgIpc) is 3.09. The number of carboxylic acids is 1. The predicted molar refractivity (Wildman–Crippen MR) is 96.4 cm³/mol. The van der Waals surface area contributed by atoms with E-state index in [1.54, 1.807) is 0 Å². The first-order valence-electron chi connectivity index (χ1n) is 7.99. The van der Waals surface area contributed by atoms with E-state index >= 15 is 0 Å². The zero-order chi connectivity index (χ0) is 19.7. The molecular weight excluding hydrogens is 362 g/mol. The second kappa shape index (κ2) is 10.8. The number of hydrogen-bond donors (Lipinski definition) is 6. The summed E-state index contributed by atoms with van der Waals surface area (Å²) in [6.07, 6.45) is 3.88. The lowest BCUT2D eigenvalue weighted by molar-refractivity contribution is -0.142. The first-order valence-corrected chi connectivity index (χ1v) is 9.39. The first-order chi connectivity index (χ1) is 12.3. The lowest BCUT2D eigenvalue weighted by Gasteiger charge is -2.24. The van der Waals surface area contributed by atoms with Crippen molar-refractivity contribution >= 4 is 29.5 Å². The Morgan fingerprint density at radius 1 is 1.35 bits per heavy atom. The Kier molecular flexibility index (Phi) is 9.10. The number of aromatic amines is 1. The van der Waals surface area contributed by atoms with Crippen molar-refractivity contribution in [1.29, 1.82) is 0 Å². The van der Waals surface area contributed by atoms with E-state index in [2.05, 4.69) is 20.6 Å². The van der Waals surface area contributed by atoms with Gasteiger partial charge in [0.1, 0.15) is 12.1 Å². The molecule has 0 aromatic carbocycles. The SMILES string of the molecule is CSCCC(N)C(=O)NC(C(=O)NC(Cc1cnc[nH]1)C(=O)O)C(C)O. The van der Waals surface area contributed by atoms with Crippen LogP contribution in [-0.2, 0) is 20.8 Å². The van der Waals surface area contributed by atoms with Crippen molar-refractivity contribution in [2.75, 3.05) is 12.0 Å². The molecule has 1 aromatic rings. The fraction of sp³-hybridized carbons (Fsp3) is 0.600. The van der Waals surface area contributed by atoms with Gasteiger partial charge in [-0.1, -0.05) is 0 Å². The zero-order valence-corrected chi connectivity index (χ0v) is 15.5. The van der Waals surface area contributed by atoms with Gasteiger partial charge < -0.3 is 31.6 Å². The number of nitrogens with two attached hydrogens (primary N) is 1. The number of nitrogens with zero attached hydrogens (tertiary/aromatic N) is 1. The number of imidazole rings is 1. The summed E-state index contributed by atoms with van der Waals surface area (Å²) >= 11 is 1.53. The number of rotatable bonds is 11. The minimum Gasteiger partial charge on any atom is -0.480 e. The highest BCUT2D eigenvalue weighted by molar-refractivity contribution is 7.98. The summed E-state index contributed by atoms with van der Waals surface area (Å²) in [5, 5.41) is 23.8. The van der Waals surface area contributed by atoms with Crippen LogP contribution in [0.3, 0.4) is 0 Å². The van der Waals surface area contributed by atoms with Gasteiger partial charge in [-0.3, -0.25) is 9.59 Å². The third-order valence-electron chi connectivity index (χ3n) is 3.63. The third-order valence-corrected chi connectivity index (χ3v) is 4.27. The number of carbonyl (C=O) groups excluding carboxylic acids is 2. The number of thioether (sulfide) groups is 1. The zero-order valence-electron chi connectivity index (χ0n) is 14.6. The Balaban J connectivity index is 2.73. The lowest BCUT2D eigenvalue weighted by Crippen LogP contribution is -2.58. The number of carbonyl (C=O) groups is 3. The van der Waals surface area contributed by atoms with Crippen molar-refractivity contribution in [3.8, 4) is 0 Å². The van der Waals surface area contributed by atoms with Crippen LogP contribution in [0.2, 0.25) is 0 Å². The largest absolute Gasteiger partial charge is 0.480 e. The van der Waals surface area contributed by atoms with Crippen LogP contribution in [-0.4, -0.2) is 74.2 Å². The van der Waals surface area contributed by atoms with E-state index in [4.69, 9.17) is 5.73 Å². The number of nitrogens with one attached hydrogen (secondary N) is 3. The van der Waals surface area contributed by atoms with E-state index in [1.807, 2.05) is 6.26 Å². The van der Waals surface area contributed by atoms with Gasteiger partial charge in [-0.2, -0.15) is 11.8 Å². The molecule has 11 heteroatoms. The molecule has 7 N–H and O–H groups in total. The van der Waals surface area contributed by atoms with Crippen LogP contribution in [0.5, 0.6) is 0 Å². The summed E-state index contributed by atoms with van der Waals surface area (Å²) in [7, 11) is 0. The van der Waals surface area contributed by atoms with Crippen LogP contribution in [0.1, 0.15) is 19.0 Å². The maximum absolute atomic E-state index is 12.4. The quantitative estimate of drug-likeness (QED) is 0.265. The molecule has 1 heterocycles. The van der Waals surface area contributed by atoms with Gasteiger partial charge in [0.2, 0.25) is 11.8 Å². The molecule has 10 nitrogen and oxygen atoms in total. The number of amides is 2. The predicted octanol–water partition coefficient (Wildman–Crippen LogP) is -1.53. The second-order valence-corrected chi connectivity index (χ2v) is 6.78. The Labute approximate surface area is 155 Å². The fourth-order valence-corrected chi connectivity index (χ4v) is 2.61. The third kappa shape index (κ3) is 7.02. The highest BCUT2D eigenvalue weighted by Gasteiger charge is 2.31. The van der Waals surface area contributed by atoms with E-state index in [9.17, 15) is 24.6 Å². The molecule has 0 fully saturated rings. The number of carboxylic acid groups (broad SMARTS) is 1. The van der Waals surface area contributed by atoms with Gasteiger partial charge >= 0.3 is 5.97 Å². The van der Waals surface area contributed by atoms with Crippen LogP contribution in [0.15, 0.2) is 12.5 Å². The van der Waals surface area contributed by atoms with Gasteiger partial charge in [0.05, 0.1) is 18.5 Å². The Hall–Kier alpha value is -2.11. The fourth-order valence-electron chi connectivity index (χ4n) is 2.12. The molecule has 0 bridgehead atoms. The summed E-state index contributed by atoms with van der Waals surface area (Å²) in [5.41, 5.74) is 6.27. The van der Waals surface area contributed by atoms with Crippen LogP contribution >= 0.6 is 11.8 Å². The van der Waals surface area contributed by atoms with Crippen molar-refractivity contribution < 1.29 is 24.6 Å². The molecule has 0 saturated carbocycles. The van der Waals surface area contributed by atoms with Gasteiger partial charge in [0.25, 0.3) is 0 Å². The summed E-state index contributed by atoms with van der Waals surface area (Å²) in [5.74, 6) is -1.97. The van der Waals surface area contributed by atoms with Crippen LogP contribution in [0, 0.1) is 0 Å². The topological polar surface area (TPSA) is 170 Å². The summed E-state index contributed by atoms with van der Waals surface area (Å²) < 4.78 is 0. The smallest absolute Gasteiger partial charge is 0.326 e. The van der Waals surface area contributed by atoms with Crippen molar-refractivity contribution in [3.05, 3.63) is 18.2 Å². The van der Waals surface area contributed by atoms with Crippen molar-refractivity contribution in [3.63, 3.8) is 0 Å².